The van der Waals surface area contributed by atoms with Crippen LogP contribution in [-0.2, 0) is 0 Å². The van der Waals surface area contributed by atoms with Gasteiger partial charge in [0, 0.05) is 6.04 Å². The molecule has 0 spiro atoms. The van der Waals surface area contributed by atoms with Crippen molar-refractivity contribution in [2.24, 2.45) is 5.92 Å². The first-order valence-corrected chi connectivity index (χ1v) is 8.00. The van der Waals surface area contributed by atoms with Crippen molar-refractivity contribution in [1.82, 2.24) is 5.32 Å². The molecule has 4 heteroatoms. The van der Waals surface area contributed by atoms with Gasteiger partial charge in [0.05, 0.1) is 7.11 Å². The molecule has 1 saturated heterocycles. The third kappa shape index (κ3) is 4.11. The van der Waals surface area contributed by atoms with E-state index in [1.54, 1.807) is 6.07 Å². The summed E-state index contributed by atoms with van der Waals surface area (Å²) in [5, 5.41) is 3.55. The topological polar surface area (TPSA) is 21.3 Å². The van der Waals surface area contributed by atoms with Gasteiger partial charge in [-0.15, -0.1) is 0 Å². The fourth-order valence-corrected chi connectivity index (χ4v) is 3.56. The van der Waals surface area contributed by atoms with Gasteiger partial charge in [0.15, 0.2) is 11.6 Å². The predicted octanol–water partition coefficient (Wildman–Crippen LogP) is 3.63. The van der Waals surface area contributed by atoms with E-state index in [0.717, 1.165) is 18.0 Å². The highest BCUT2D eigenvalue weighted by Gasteiger charge is 2.15. The lowest BCUT2D eigenvalue weighted by atomic mass is 10.0. The lowest BCUT2D eigenvalue weighted by Crippen LogP contribution is -2.28. The van der Waals surface area contributed by atoms with Gasteiger partial charge in [-0.1, -0.05) is 6.07 Å². The Balaban J connectivity index is 1.89. The van der Waals surface area contributed by atoms with Gasteiger partial charge in [-0.05, 0) is 61.4 Å². The summed E-state index contributed by atoms with van der Waals surface area (Å²) >= 11 is 2.05. The second-order valence-electron chi connectivity index (χ2n) is 5.08. The van der Waals surface area contributed by atoms with E-state index in [1.807, 2.05) is 17.8 Å². The molecule has 2 rings (SSSR count). The first-order valence-electron chi connectivity index (χ1n) is 6.85. The van der Waals surface area contributed by atoms with E-state index in [0.29, 0.717) is 5.75 Å². The van der Waals surface area contributed by atoms with Gasteiger partial charge < -0.3 is 10.1 Å². The summed E-state index contributed by atoms with van der Waals surface area (Å²) in [6.07, 6.45) is 2.61. The van der Waals surface area contributed by atoms with Crippen molar-refractivity contribution in [2.45, 2.75) is 25.8 Å². The van der Waals surface area contributed by atoms with Crippen LogP contribution < -0.4 is 10.1 Å². The lowest BCUT2D eigenvalue weighted by Gasteiger charge is -2.24. The average molecular weight is 283 g/mol. The number of thioether (sulfide) groups is 1. The van der Waals surface area contributed by atoms with Crippen molar-refractivity contribution in [3.8, 4) is 5.75 Å². The molecule has 1 fully saturated rings. The number of benzene rings is 1. The Labute approximate surface area is 119 Å². The minimum Gasteiger partial charge on any atom is -0.494 e. The Morgan fingerprint density at radius 3 is 2.84 bits per heavy atom. The minimum atomic E-state index is -0.303. The Morgan fingerprint density at radius 2 is 2.16 bits per heavy atom. The van der Waals surface area contributed by atoms with Gasteiger partial charge >= 0.3 is 0 Å². The standard InChI is InChI=1S/C15H22FNOS/c1-11(17-10-12-5-7-19-8-6-12)13-3-4-14(16)15(9-13)18-2/h3-4,9,11-12,17H,5-8,10H2,1-2H3. The highest BCUT2D eigenvalue weighted by Crippen LogP contribution is 2.25. The zero-order valence-corrected chi connectivity index (χ0v) is 12.4. The molecule has 1 aliphatic rings. The molecule has 1 aromatic rings. The largest absolute Gasteiger partial charge is 0.494 e. The van der Waals surface area contributed by atoms with Crippen LogP contribution in [0.15, 0.2) is 18.2 Å². The van der Waals surface area contributed by atoms with Crippen LogP contribution in [-0.4, -0.2) is 25.2 Å². The number of rotatable bonds is 5. The van der Waals surface area contributed by atoms with Crippen molar-refractivity contribution in [3.63, 3.8) is 0 Å². The van der Waals surface area contributed by atoms with E-state index >= 15 is 0 Å². The van der Waals surface area contributed by atoms with E-state index in [2.05, 4.69) is 12.2 Å². The number of ether oxygens (including phenoxy) is 1. The van der Waals surface area contributed by atoms with Gasteiger partial charge in [-0.3, -0.25) is 0 Å². The fraction of sp³-hybridized carbons (Fsp3) is 0.600. The number of methoxy groups -OCH3 is 1. The van der Waals surface area contributed by atoms with Gasteiger partial charge in [-0.2, -0.15) is 11.8 Å². The highest BCUT2D eigenvalue weighted by molar-refractivity contribution is 7.99. The van der Waals surface area contributed by atoms with E-state index in [9.17, 15) is 4.39 Å². The molecule has 0 aromatic heterocycles. The van der Waals surface area contributed by atoms with E-state index in [-0.39, 0.29) is 11.9 Å². The van der Waals surface area contributed by atoms with Crippen LogP contribution in [0, 0.1) is 11.7 Å². The molecule has 0 amide bonds. The Hall–Kier alpha value is -0.740. The molecule has 0 bridgehead atoms. The van der Waals surface area contributed by atoms with Crippen LogP contribution in [0.4, 0.5) is 4.39 Å². The number of nitrogens with one attached hydrogen (secondary N) is 1. The number of hydrogen-bond donors (Lipinski definition) is 1. The third-order valence-electron chi connectivity index (χ3n) is 3.73. The van der Waals surface area contributed by atoms with E-state index < -0.39 is 0 Å². The average Bonchev–Trinajstić information content (AvgIpc) is 2.46. The maximum absolute atomic E-state index is 13.4. The van der Waals surface area contributed by atoms with Crippen LogP contribution >= 0.6 is 11.8 Å². The summed E-state index contributed by atoms with van der Waals surface area (Å²) in [6.45, 7) is 3.16. The van der Waals surface area contributed by atoms with Crippen LogP contribution in [0.25, 0.3) is 0 Å². The van der Waals surface area contributed by atoms with E-state index in [1.165, 1.54) is 37.5 Å². The SMILES string of the molecule is COc1cc(C(C)NCC2CCSCC2)ccc1F. The van der Waals surface area contributed by atoms with Crippen LogP contribution in [0.3, 0.4) is 0 Å². The molecule has 1 unspecified atom stereocenters. The number of halogens is 1. The first kappa shape index (κ1) is 14.7. The lowest BCUT2D eigenvalue weighted by molar-refractivity contribution is 0.383. The second-order valence-corrected chi connectivity index (χ2v) is 6.30. The molecular weight excluding hydrogens is 261 g/mol. The van der Waals surface area contributed by atoms with Gasteiger partial charge in [0.1, 0.15) is 0 Å². The van der Waals surface area contributed by atoms with Gasteiger partial charge in [-0.25, -0.2) is 4.39 Å². The predicted molar refractivity (Wildman–Crippen MR) is 79.4 cm³/mol. The summed E-state index contributed by atoms with van der Waals surface area (Å²) < 4.78 is 18.4. The summed E-state index contributed by atoms with van der Waals surface area (Å²) in [6, 6.07) is 5.31. The maximum atomic E-state index is 13.4. The van der Waals surface area contributed by atoms with Crippen molar-refractivity contribution < 1.29 is 9.13 Å². The third-order valence-corrected chi connectivity index (χ3v) is 4.78. The van der Waals surface area contributed by atoms with Gasteiger partial charge in [0.2, 0.25) is 0 Å². The zero-order chi connectivity index (χ0) is 13.7. The Morgan fingerprint density at radius 1 is 1.42 bits per heavy atom. The molecule has 106 valence electrons. The Kier molecular flexibility index (Phi) is 5.52. The molecule has 1 heterocycles. The van der Waals surface area contributed by atoms with Crippen LogP contribution in [0.1, 0.15) is 31.4 Å². The monoisotopic (exact) mass is 283 g/mol. The van der Waals surface area contributed by atoms with Crippen molar-refractivity contribution >= 4 is 11.8 Å². The molecule has 0 saturated carbocycles. The normalized spacial score (nSPS) is 18.3. The quantitative estimate of drug-likeness (QED) is 0.891. The van der Waals surface area contributed by atoms with Crippen molar-refractivity contribution in [1.29, 1.82) is 0 Å². The fourth-order valence-electron chi connectivity index (χ4n) is 2.36. The van der Waals surface area contributed by atoms with Crippen molar-refractivity contribution in [3.05, 3.63) is 29.6 Å². The second kappa shape index (κ2) is 7.15. The van der Waals surface area contributed by atoms with Crippen LogP contribution in [0.2, 0.25) is 0 Å². The molecule has 2 nitrogen and oxygen atoms in total. The smallest absolute Gasteiger partial charge is 0.165 e. The summed E-state index contributed by atoms with van der Waals surface area (Å²) in [4.78, 5) is 0. The summed E-state index contributed by atoms with van der Waals surface area (Å²) in [5.41, 5.74) is 1.07. The summed E-state index contributed by atoms with van der Waals surface area (Å²) in [7, 11) is 1.50. The first-order chi connectivity index (χ1) is 9.20. The van der Waals surface area contributed by atoms with E-state index in [4.69, 9.17) is 4.74 Å². The number of hydrogen-bond acceptors (Lipinski definition) is 3. The molecule has 0 radical (unpaired) electrons. The molecule has 1 N–H and O–H groups in total. The minimum absolute atomic E-state index is 0.226. The van der Waals surface area contributed by atoms with Gasteiger partial charge in [0.25, 0.3) is 0 Å². The molecule has 1 aromatic carbocycles. The summed E-state index contributed by atoms with van der Waals surface area (Å²) in [5.74, 6) is 3.37. The molecular formula is C15H22FNOS. The maximum Gasteiger partial charge on any atom is 0.165 e. The molecule has 1 aliphatic heterocycles. The Bertz CT molecular complexity index is 407. The molecule has 19 heavy (non-hydrogen) atoms. The molecule has 1 atom stereocenters. The molecule has 0 aliphatic carbocycles. The van der Waals surface area contributed by atoms with Crippen LogP contribution in [0.5, 0.6) is 5.75 Å². The van der Waals surface area contributed by atoms with Crippen molar-refractivity contribution in [2.75, 3.05) is 25.2 Å². The zero-order valence-electron chi connectivity index (χ0n) is 11.6. The highest BCUT2D eigenvalue weighted by atomic mass is 32.2.